The first-order chi connectivity index (χ1) is 6.18. The molecule has 0 unspecified atom stereocenters. The minimum atomic E-state index is -4.35. The highest BCUT2D eigenvalue weighted by Crippen LogP contribution is 2.54. The minimum Gasteiger partial charge on any atom is -0.376 e. The molecule has 0 saturated heterocycles. The van der Waals surface area contributed by atoms with E-state index in [1.54, 1.807) is 0 Å². The number of hydrogen-bond acceptors (Lipinski definition) is 4. The Kier molecular flexibility index (Phi) is 4.48. The molecule has 0 aliphatic heterocycles. The van der Waals surface area contributed by atoms with E-state index in [1.165, 1.54) is 35.2 Å². The smallest absolute Gasteiger partial charge is 0.376 e. The lowest BCUT2D eigenvalue weighted by atomic mass is 10.5. The Morgan fingerprint density at radius 3 is 1.43 bits per heavy atom. The van der Waals surface area contributed by atoms with E-state index < -0.39 is 21.2 Å². The largest absolute Gasteiger partial charge is 0.518 e. The zero-order valence-corrected chi connectivity index (χ0v) is 10.9. The van der Waals surface area contributed by atoms with Crippen LogP contribution in [0.15, 0.2) is 0 Å². The summed E-state index contributed by atoms with van der Waals surface area (Å²) < 4.78 is 24.9. The SMILES string of the molecule is CO[Si](OC)(OC)C(C)(C)P(=O)(O)O. The monoisotopic (exact) mass is 244 g/mol. The topological polar surface area (TPSA) is 85.2 Å². The number of rotatable bonds is 5. The molecule has 6 nitrogen and oxygen atoms in total. The molecule has 0 heterocycles. The second-order valence-corrected chi connectivity index (χ2v) is 9.49. The first-order valence-electron chi connectivity index (χ1n) is 3.89. The van der Waals surface area contributed by atoms with Crippen LogP contribution in [0.4, 0.5) is 0 Å². The van der Waals surface area contributed by atoms with Gasteiger partial charge in [-0.05, 0) is 13.8 Å². The van der Waals surface area contributed by atoms with Crippen molar-refractivity contribution in [3.05, 3.63) is 0 Å². The fourth-order valence-corrected chi connectivity index (χ4v) is 5.42. The third-order valence-corrected chi connectivity index (χ3v) is 8.55. The first kappa shape index (κ1) is 14.2. The lowest BCUT2D eigenvalue weighted by Crippen LogP contribution is -2.60. The van der Waals surface area contributed by atoms with E-state index in [-0.39, 0.29) is 0 Å². The standard InChI is InChI=1S/C6H17O6PSi/c1-6(2,13(7,8)9)14(10-3,11-4)12-5/h1-5H3,(H2,7,8,9). The van der Waals surface area contributed by atoms with Gasteiger partial charge >= 0.3 is 16.4 Å². The van der Waals surface area contributed by atoms with E-state index in [1.807, 2.05) is 0 Å². The van der Waals surface area contributed by atoms with Crippen LogP contribution in [0.2, 0.25) is 0 Å². The van der Waals surface area contributed by atoms with Gasteiger partial charge in [0.05, 0.1) is 0 Å². The van der Waals surface area contributed by atoms with E-state index in [9.17, 15) is 14.4 Å². The summed E-state index contributed by atoms with van der Waals surface area (Å²) >= 11 is 0. The van der Waals surface area contributed by atoms with Crippen molar-refractivity contribution in [1.29, 1.82) is 0 Å². The highest BCUT2D eigenvalue weighted by molar-refractivity contribution is 7.56. The maximum atomic E-state index is 11.3. The van der Waals surface area contributed by atoms with Gasteiger partial charge in [-0.15, -0.1) is 0 Å². The Balaban J connectivity index is 5.30. The predicted molar refractivity (Wildman–Crippen MR) is 52.9 cm³/mol. The molecule has 0 rings (SSSR count). The molecular formula is C6H17O6PSi. The third-order valence-electron chi connectivity index (χ3n) is 2.28. The van der Waals surface area contributed by atoms with Crippen molar-refractivity contribution in [2.24, 2.45) is 0 Å². The van der Waals surface area contributed by atoms with E-state index in [0.29, 0.717) is 0 Å². The maximum absolute atomic E-state index is 11.3. The Bertz CT molecular complexity index is 224. The van der Waals surface area contributed by atoms with Gasteiger partial charge in [-0.3, -0.25) is 4.57 Å². The quantitative estimate of drug-likeness (QED) is 0.536. The highest BCUT2D eigenvalue weighted by atomic mass is 31.2. The molecule has 0 aromatic carbocycles. The van der Waals surface area contributed by atoms with Gasteiger partial charge in [0.15, 0.2) is 0 Å². The molecule has 0 atom stereocenters. The van der Waals surface area contributed by atoms with Crippen LogP contribution in [0.25, 0.3) is 0 Å². The normalized spacial score (nSPS) is 14.5. The van der Waals surface area contributed by atoms with Crippen LogP contribution in [-0.4, -0.2) is 44.7 Å². The molecule has 0 aliphatic carbocycles. The molecular weight excluding hydrogens is 227 g/mol. The van der Waals surface area contributed by atoms with Gasteiger partial charge in [0.2, 0.25) is 0 Å². The fourth-order valence-electron chi connectivity index (χ4n) is 1.18. The van der Waals surface area contributed by atoms with E-state index in [2.05, 4.69) is 0 Å². The van der Waals surface area contributed by atoms with Crippen molar-refractivity contribution in [2.45, 2.75) is 18.6 Å². The van der Waals surface area contributed by atoms with Crippen molar-refractivity contribution < 1.29 is 27.6 Å². The molecule has 0 aliphatic rings. The maximum Gasteiger partial charge on any atom is 0.518 e. The Labute approximate surface area is 84.7 Å². The zero-order chi connectivity index (χ0) is 11.6. The average Bonchev–Trinajstić information content (AvgIpc) is 2.06. The molecule has 0 aromatic rings. The van der Waals surface area contributed by atoms with Crippen molar-refractivity contribution in [1.82, 2.24) is 0 Å². The second kappa shape index (κ2) is 4.40. The van der Waals surface area contributed by atoms with Gasteiger partial charge in [-0.25, -0.2) is 0 Å². The van der Waals surface area contributed by atoms with Gasteiger partial charge < -0.3 is 23.1 Å². The highest BCUT2D eigenvalue weighted by Gasteiger charge is 2.63. The fraction of sp³-hybridized carbons (Fsp3) is 1.00. The molecule has 0 radical (unpaired) electrons. The molecule has 0 spiro atoms. The third kappa shape index (κ3) is 2.09. The average molecular weight is 244 g/mol. The van der Waals surface area contributed by atoms with Gasteiger partial charge in [0.25, 0.3) is 0 Å². The lowest BCUT2D eigenvalue weighted by molar-refractivity contribution is 0.106. The van der Waals surface area contributed by atoms with Gasteiger partial charge in [-0.2, -0.15) is 0 Å². The summed E-state index contributed by atoms with van der Waals surface area (Å²) in [6.45, 7) is 2.74. The van der Waals surface area contributed by atoms with Crippen molar-refractivity contribution in [2.75, 3.05) is 21.3 Å². The van der Waals surface area contributed by atoms with Crippen LogP contribution in [0.5, 0.6) is 0 Å². The van der Waals surface area contributed by atoms with Crippen LogP contribution in [-0.2, 0) is 17.8 Å². The zero-order valence-electron chi connectivity index (χ0n) is 8.97. The van der Waals surface area contributed by atoms with E-state index >= 15 is 0 Å². The summed E-state index contributed by atoms with van der Waals surface area (Å²) in [4.78, 5) is 18.4. The molecule has 14 heavy (non-hydrogen) atoms. The van der Waals surface area contributed by atoms with E-state index in [4.69, 9.17) is 13.3 Å². The van der Waals surface area contributed by atoms with Gasteiger partial charge in [0.1, 0.15) is 4.78 Å². The van der Waals surface area contributed by atoms with Gasteiger partial charge in [-0.1, -0.05) is 0 Å². The van der Waals surface area contributed by atoms with Crippen molar-refractivity contribution in [3.63, 3.8) is 0 Å². The van der Waals surface area contributed by atoms with Gasteiger partial charge in [0, 0.05) is 21.3 Å². The Hall–Kier alpha value is 0.247. The summed E-state index contributed by atoms with van der Waals surface area (Å²) in [5.41, 5.74) is 0. The number of hydrogen-bond donors (Lipinski definition) is 2. The summed E-state index contributed by atoms with van der Waals surface area (Å²) in [6, 6.07) is 0. The Morgan fingerprint density at radius 1 is 1.07 bits per heavy atom. The van der Waals surface area contributed by atoms with Crippen LogP contribution in [0.1, 0.15) is 13.8 Å². The van der Waals surface area contributed by atoms with E-state index in [0.717, 1.165) is 0 Å². The summed E-state index contributed by atoms with van der Waals surface area (Å²) in [6.07, 6.45) is 0. The van der Waals surface area contributed by atoms with Crippen LogP contribution in [0.3, 0.4) is 0 Å². The molecule has 0 bridgehead atoms. The lowest BCUT2D eigenvalue weighted by Gasteiger charge is -2.38. The summed E-state index contributed by atoms with van der Waals surface area (Å²) in [5.74, 6) is 0. The molecule has 0 saturated carbocycles. The molecule has 86 valence electrons. The molecule has 0 aromatic heterocycles. The van der Waals surface area contributed by atoms with Crippen LogP contribution < -0.4 is 0 Å². The molecule has 0 fully saturated rings. The van der Waals surface area contributed by atoms with Crippen LogP contribution >= 0.6 is 7.60 Å². The second-order valence-electron chi connectivity index (χ2n) is 3.27. The molecule has 2 N–H and O–H groups in total. The predicted octanol–water partition coefficient (Wildman–Crippen LogP) is 0.360. The summed E-state index contributed by atoms with van der Waals surface area (Å²) in [5, 5.41) is 0. The summed E-state index contributed by atoms with van der Waals surface area (Å²) in [7, 11) is -3.75. The molecule has 8 heteroatoms. The Morgan fingerprint density at radius 2 is 1.36 bits per heavy atom. The van der Waals surface area contributed by atoms with Crippen molar-refractivity contribution in [3.8, 4) is 0 Å². The minimum absolute atomic E-state index is 1.32. The first-order valence-corrected chi connectivity index (χ1v) is 7.23. The van der Waals surface area contributed by atoms with Crippen molar-refractivity contribution >= 4 is 16.4 Å². The molecule has 0 amide bonds. The van der Waals surface area contributed by atoms with Crippen LogP contribution in [0, 0.1) is 0 Å².